The van der Waals surface area contributed by atoms with Gasteiger partial charge in [0.2, 0.25) is 0 Å². The summed E-state index contributed by atoms with van der Waals surface area (Å²) < 4.78 is 0. The third-order valence-electron chi connectivity index (χ3n) is 10.3. The molecule has 1 aliphatic rings. The maximum Gasteiger partial charge on any atom is 0.164 e. The Morgan fingerprint density at radius 1 is 0.365 bits per heavy atom. The summed E-state index contributed by atoms with van der Waals surface area (Å²) in [5.74, 6) is 1.92. The average molecular weight is 669 g/mol. The zero-order chi connectivity index (χ0) is 35.2. The van der Waals surface area contributed by atoms with E-state index in [2.05, 4.69) is 116 Å². The molecule has 0 atom stereocenters. The summed E-state index contributed by atoms with van der Waals surface area (Å²) in [5.41, 5.74) is 15.8. The van der Waals surface area contributed by atoms with Crippen LogP contribution in [0.1, 0.15) is 30.7 Å². The number of aryl methyl sites for hydroxylation is 1. The van der Waals surface area contributed by atoms with E-state index >= 15 is 0 Å². The van der Waals surface area contributed by atoms with E-state index < -0.39 is 0 Å². The molecule has 0 saturated heterocycles. The molecule has 1 aliphatic carbocycles. The van der Waals surface area contributed by atoms with Crippen molar-refractivity contribution in [3.63, 3.8) is 0 Å². The second-order valence-corrected chi connectivity index (χ2v) is 14.0. The van der Waals surface area contributed by atoms with Gasteiger partial charge in [-0.15, -0.1) is 0 Å². The number of aromatic nitrogens is 4. The summed E-state index contributed by atoms with van der Waals surface area (Å²) >= 11 is 0. The number of hydrogen-bond donors (Lipinski definition) is 0. The molecule has 52 heavy (non-hydrogen) atoms. The Kier molecular flexibility index (Phi) is 7.66. The minimum atomic E-state index is -0.0568. The van der Waals surface area contributed by atoms with Crippen molar-refractivity contribution in [3.8, 4) is 78.7 Å². The standard InChI is InChI=1S/C48H36N4/c1-31-18-19-37(30-49-31)32-20-22-33(23-21-32)38-26-39(36-24-25-44-42(29-36)41-16-10-11-17-43(41)48(44,2)3)28-40(27-38)47-51-45(34-12-6-4-7-13-34)50-46(52-47)35-14-8-5-9-15-35/h4-30H,1-3H3. The molecule has 9 rings (SSSR count). The van der Waals surface area contributed by atoms with E-state index in [1.165, 1.54) is 22.3 Å². The van der Waals surface area contributed by atoms with Gasteiger partial charge in [-0.3, -0.25) is 4.98 Å². The van der Waals surface area contributed by atoms with Gasteiger partial charge >= 0.3 is 0 Å². The fraction of sp³-hybridized carbons (Fsp3) is 0.0833. The van der Waals surface area contributed by atoms with Crippen LogP contribution >= 0.6 is 0 Å². The highest BCUT2D eigenvalue weighted by molar-refractivity contribution is 5.87. The minimum absolute atomic E-state index is 0.0568. The third-order valence-corrected chi connectivity index (χ3v) is 10.3. The van der Waals surface area contributed by atoms with Crippen LogP contribution in [0, 0.1) is 6.92 Å². The fourth-order valence-electron chi connectivity index (χ4n) is 7.42. The van der Waals surface area contributed by atoms with Gasteiger partial charge in [0.25, 0.3) is 0 Å². The number of hydrogen-bond acceptors (Lipinski definition) is 4. The maximum atomic E-state index is 5.11. The van der Waals surface area contributed by atoms with E-state index in [4.69, 9.17) is 15.0 Å². The van der Waals surface area contributed by atoms with Gasteiger partial charge < -0.3 is 0 Å². The Hall–Kier alpha value is -6.52. The lowest BCUT2D eigenvalue weighted by Crippen LogP contribution is -2.14. The molecule has 0 aliphatic heterocycles. The molecule has 4 heteroatoms. The van der Waals surface area contributed by atoms with Crippen LogP contribution in [0.4, 0.5) is 0 Å². The van der Waals surface area contributed by atoms with Gasteiger partial charge in [0.15, 0.2) is 17.5 Å². The van der Waals surface area contributed by atoms with Crippen molar-refractivity contribution < 1.29 is 0 Å². The largest absolute Gasteiger partial charge is 0.261 e. The molecule has 4 nitrogen and oxygen atoms in total. The van der Waals surface area contributed by atoms with Crippen molar-refractivity contribution in [1.82, 2.24) is 19.9 Å². The highest BCUT2D eigenvalue weighted by Crippen LogP contribution is 2.49. The van der Waals surface area contributed by atoms with E-state index in [1.807, 2.05) is 73.8 Å². The lowest BCUT2D eigenvalue weighted by Gasteiger charge is -2.21. The number of benzene rings is 6. The summed E-state index contributed by atoms with van der Waals surface area (Å²) in [6, 6.07) is 55.6. The molecule has 2 heterocycles. The van der Waals surface area contributed by atoms with Crippen molar-refractivity contribution >= 4 is 0 Å². The number of fused-ring (bicyclic) bond motifs is 3. The molecule has 0 saturated carbocycles. The predicted molar refractivity (Wildman–Crippen MR) is 213 cm³/mol. The van der Waals surface area contributed by atoms with Crippen LogP contribution in [0.5, 0.6) is 0 Å². The van der Waals surface area contributed by atoms with Gasteiger partial charge in [-0.1, -0.05) is 141 Å². The molecule has 0 N–H and O–H groups in total. The van der Waals surface area contributed by atoms with Gasteiger partial charge in [-0.25, -0.2) is 15.0 Å². The van der Waals surface area contributed by atoms with Gasteiger partial charge in [0.1, 0.15) is 0 Å². The van der Waals surface area contributed by atoms with E-state index in [-0.39, 0.29) is 5.41 Å². The van der Waals surface area contributed by atoms with E-state index in [9.17, 15) is 0 Å². The smallest absolute Gasteiger partial charge is 0.164 e. The van der Waals surface area contributed by atoms with E-state index in [1.54, 1.807) is 0 Å². The minimum Gasteiger partial charge on any atom is -0.261 e. The monoisotopic (exact) mass is 668 g/mol. The van der Waals surface area contributed by atoms with Crippen LogP contribution in [0.3, 0.4) is 0 Å². The SMILES string of the molecule is Cc1ccc(-c2ccc(-c3cc(-c4ccc5c(c4)-c4ccccc4C5(C)C)cc(-c4nc(-c5ccccc5)nc(-c5ccccc5)n4)c3)cc2)cn1. The van der Waals surface area contributed by atoms with Crippen LogP contribution < -0.4 is 0 Å². The van der Waals surface area contributed by atoms with Crippen LogP contribution in [-0.2, 0) is 5.41 Å². The quantitative estimate of drug-likeness (QED) is 0.177. The first-order chi connectivity index (χ1) is 25.4. The molecule has 8 aromatic rings. The lowest BCUT2D eigenvalue weighted by atomic mass is 9.82. The van der Waals surface area contributed by atoms with Crippen LogP contribution in [0.25, 0.3) is 78.7 Å². The van der Waals surface area contributed by atoms with Gasteiger partial charge in [-0.2, -0.15) is 0 Å². The number of rotatable bonds is 6. The highest BCUT2D eigenvalue weighted by atomic mass is 15.0. The summed E-state index contributed by atoms with van der Waals surface area (Å²) in [6.07, 6.45) is 1.94. The first-order valence-electron chi connectivity index (χ1n) is 17.7. The Balaban J connectivity index is 1.23. The average Bonchev–Trinajstić information content (AvgIpc) is 3.44. The van der Waals surface area contributed by atoms with Crippen molar-refractivity contribution in [1.29, 1.82) is 0 Å². The number of pyridine rings is 1. The summed E-state index contributed by atoms with van der Waals surface area (Å²) in [7, 11) is 0. The molecular formula is C48H36N4. The Morgan fingerprint density at radius 2 is 0.846 bits per heavy atom. The first kappa shape index (κ1) is 31.5. The van der Waals surface area contributed by atoms with Crippen LogP contribution in [0.15, 0.2) is 164 Å². The molecule has 2 aromatic heterocycles. The van der Waals surface area contributed by atoms with E-state index in [0.717, 1.165) is 55.8 Å². The second-order valence-electron chi connectivity index (χ2n) is 14.0. The molecule has 248 valence electrons. The summed E-state index contributed by atoms with van der Waals surface area (Å²) in [6.45, 7) is 6.65. The summed E-state index contributed by atoms with van der Waals surface area (Å²) in [5, 5.41) is 0. The molecule has 0 radical (unpaired) electrons. The van der Waals surface area contributed by atoms with Crippen molar-refractivity contribution in [2.75, 3.05) is 0 Å². The molecule has 6 aromatic carbocycles. The predicted octanol–water partition coefficient (Wildman–Crippen LogP) is 11.9. The second kappa shape index (κ2) is 12.7. The van der Waals surface area contributed by atoms with Crippen LogP contribution in [0.2, 0.25) is 0 Å². The maximum absolute atomic E-state index is 5.11. The van der Waals surface area contributed by atoms with Crippen molar-refractivity contribution in [2.24, 2.45) is 0 Å². The topological polar surface area (TPSA) is 51.6 Å². The third kappa shape index (κ3) is 5.69. The Labute approximate surface area is 304 Å². The van der Waals surface area contributed by atoms with Gasteiger partial charge in [0, 0.05) is 39.6 Å². The fourth-order valence-corrected chi connectivity index (χ4v) is 7.42. The first-order valence-corrected chi connectivity index (χ1v) is 17.7. The van der Waals surface area contributed by atoms with Crippen LogP contribution in [-0.4, -0.2) is 19.9 Å². The Morgan fingerprint density at radius 3 is 1.46 bits per heavy atom. The molecule has 0 bridgehead atoms. The summed E-state index contributed by atoms with van der Waals surface area (Å²) in [4.78, 5) is 19.7. The molecule has 0 fully saturated rings. The molecular weight excluding hydrogens is 633 g/mol. The normalized spacial score (nSPS) is 12.7. The molecule has 0 unspecified atom stereocenters. The van der Waals surface area contributed by atoms with Crippen molar-refractivity contribution in [2.45, 2.75) is 26.2 Å². The van der Waals surface area contributed by atoms with Gasteiger partial charge in [-0.05, 0) is 87.3 Å². The van der Waals surface area contributed by atoms with Crippen molar-refractivity contribution in [3.05, 3.63) is 181 Å². The Bertz CT molecular complexity index is 2520. The zero-order valence-electron chi connectivity index (χ0n) is 29.4. The molecule has 0 spiro atoms. The lowest BCUT2D eigenvalue weighted by molar-refractivity contribution is 0.660. The highest BCUT2D eigenvalue weighted by Gasteiger charge is 2.35. The zero-order valence-corrected chi connectivity index (χ0v) is 29.4. The van der Waals surface area contributed by atoms with Gasteiger partial charge in [0.05, 0.1) is 0 Å². The van der Waals surface area contributed by atoms with E-state index in [0.29, 0.717) is 17.5 Å². The molecule has 0 amide bonds. The number of nitrogens with zero attached hydrogens (tertiary/aromatic N) is 4.